The number of carbonyl (C=O) groups excluding carboxylic acids is 1. The lowest BCUT2D eigenvalue weighted by atomic mass is 9.85. The maximum absolute atomic E-state index is 11.8. The van der Waals surface area contributed by atoms with Crippen LogP contribution in [0.15, 0.2) is 6.07 Å². The molecule has 0 aromatic carbocycles. The highest BCUT2D eigenvalue weighted by Crippen LogP contribution is 2.27. The lowest BCUT2D eigenvalue weighted by Gasteiger charge is -2.29. The molecule has 3 N–H and O–H groups in total. The van der Waals surface area contributed by atoms with Crippen molar-refractivity contribution in [3.8, 4) is 0 Å². The number of nitrogen functional groups attached to an aromatic ring is 1. The van der Waals surface area contributed by atoms with Crippen LogP contribution in [0.5, 0.6) is 0 Å². The molecule has 5 nitrogen and oxygen atoms in total. The zero-order valence-electron chi connectivity index (χ0n) is 8.86. The van der Waals surface area contributed by atoms with Gasteiger partial charge in [0.15, 0.2) is 0 Å². The van der Waals surface area contributed by atoms with Crippen molar-refractivity contribution in [1.29, 1.82) is 0 Å². The Morgan fingerprint density at radius 2 is 2.47 bits per heavy atom. The van der Waals surface area contributed by atoms with Crippen molar-refractivity contribution in [1.82, 2.24) is 15.1 Å². The van der Waals surface area contributed by atoms with E-state index in [2.05, 4.69) is 10.2 Å². The van der Waals surface area contributed by atoms with Crippen LogP contribution in [0.4, 0.5) is 5.82 Å². The monoisotopic (exact) mass is 208 g/mol. The van der Waals surface area contributed by atoms with Gasteiger partial charge in [0.25, 0.3) is 5.91 Å². The fourth-order valence-corrected chi connectivity index (χ4v) is 1.80. The number of aromatic nitrogens is 2. The first-order chi connectivity index (χ1) is 7.16. The molecule has 0 radical (unpaired) electrons. The molecule has 1 aliphatic carbocycles. The zero-order chi connectivity index (χ0) is 10.8. The quantitative estimate of drug-likeness (QED) is 0.773. The van der Waals surface area contributed by atoms with Crippen LogP contribution in [0.25, 0.3) is 0 Å². The number of amides is 1. The fourth-order valence-electron chi connectivity index (χ4n) is 1.80. The van der Waals surface area contributed by atoms with E-state index in [0.717, 1.165) is 6.54 Å². The smallest absolute Gasteiger partial charge is 0.271 e. The van der Waals surface area contributed by atoms with E-state index in [4.69, 9.17) is 5.73 Å². The molecule has 15 heavy (non-hydrogen) atoms. The predicted molar refractivity (Wildman–Crippen MR) is 57.3 cm³/mol. The number of nitrogens with two attached hydrogens (primary N) is 1. The van der Waals surface area contributed by atoms with Gasteiger partial charge in [-0.3, -0.25) is 9.89 Å². The molecular formula is C10H16N4O. The SMILES string of the molecule is CN(CC1CCC1)C(=O)c1cc(N)n[nH]1. The highest BCUT2D eigenvalue weighted by atomic mass is 16.2. The maximum Gasteiger partial charge on any atom is 0.271 e. The molecule has 1 saturated carbocycles. The van der Waals surface area contributed by atoms with E-state index in [0.29, 0.717) is 17.4 Å². The molecular weight excluding hydrogens is 192 g/mol. The summed E-state index contributed by atoms with van der Waals surface area (Å²) in [5.74, 6) is 1.00. The Morgan fingerprint density at radius 3 is 2.93 bits per heavy atom. The Hall–Kier alpha value is -1.52. The first-order valence-electron chi connectivity index (χ1n) is 5.23. The minimum atomic E-state index is -0.0360. The van der Waals surface area contributed by atoms with E-state index < -0.39 is 0 Å². The summed E-state index contributed by atoms with van der Waals surface area (Å²) in [4.78, 5) is 13.6. The van der Waals surface area contributed by atoms with Crippen LogP contribution >= 0.6 is 0 Å². The Kier molecular flexibility index (Phi) is 2.62. The van der Waals surface area contributed by atoms with Crippen molar-refractivity contribution < 1.29 is 4.79 Å². The van der Waals surface area contributed by atoms with Gasteiger partial charge in [0.05, 0.1) is 0 Å². The van der Waals surface area contributed by atoms with Gasteiger partial charge >= 0.3 is 0 Å². The van der Waals surface area contributed by atoms with Crippen LogP contribution < -0.4 is 5.73 Å². The third-order valence-corrected chi connectivity index (χ3v) is 2.93. The molecule has 2 rings (SSSR count). The second-order valence-corrected chi connectivity index (χ2v) is 4.19. The molecule has 1 aromatic heterocycles. The standard InChI is InChI=1S/C10H16N4O/c1-14(6-7-3-2-4-7)10(15)8-5-9(11)13-12-8/h5,7H,2-4,6H2,1H3,(H3,11,12,13). The fraction of sp³-hybridized carbons (Fsp3) is 0.600. The van der Waals surface area contributed by atoms with Crippen LogP contribution in [0, 0.1) is 5.92 Å². The summed E-state index contributed by atoms with van der Waals surface area (Å²) in [6, 6.07) is 1.57. The van der Waals surface area contributed by atoms with Crippen molar-refractivity contribution in [2.75, 3.05) is 19.3 Å². The van der Waals surface area contributed by atoms with Gasteiger partial charge in [0.1, 0.15) is 11.5 Å². The van der Waals surface area contributed by atoms with Gasteiger partial charge in [0, 0.05) is 19.7 Å². The van der Waals surface area contributed by atoms with E-state index in [9.17, 15) is 4.79 Å². The number of anilines is 1. The zero-order valence-corrected chi connectivity index (χ0v) is 8.86. The van der Waals surface area contributed by atoms with Crippen LogP contribution in [-0.4, -0.2) is 34.6 Å². The lowest BCUT2D eigenvalue weighted by molar-refractivity contribution is 0.0739. The summed E-state index contributed by atoms with van der Waals surface area (Å²) in [6.07, 6.45) is 3.77. The third kappa shape index (κ3) is 2.11. The second kappa shape index (κ2) is 3.92. The molecule has 0 unspecified atom stereocenters. The van der Waals surface area contributed by atoms with Gasteiger partial charge < -0.3 is 10.6 Å². The summed E-state index contributed by atoms with van der Waals surface area (Å²) in [7, 11) is 1.82. The third-order valence-electron chi connectivity index (χ3n) is 2.93. The maximum atomic E-state index is 11.8. The lowest BCUT2D eigenvalue weighted by Crippen LogP contribution is -2.34. The number of H-pyrrole nitrogens is 1. The highest BCUT2D eigenvalue weighted by Gasteiger charge is 2.22. The highest BCUT2D eigenvalue weighted by molar-refractivity contribution is 5.92. The molecule has 0 bridgehead atoms. The summed E-state index contributed by atoms with van der Waals surface area (Å²) in [5.41, 5.74) is 5.91. The second-order valence-electron chi connectivity index (χ2n) is 4.19. The first kappa shape index (κ1) is 10.0. The molecule has 0 spiro atoms. The Bertz CT molecular complexity index is 356. The van der Waals surface area contributed by atoms with Crippen molar-refractivity contribution in [3.63, 3.8) is 0 Å². The molecule has 1 amide bonds. The number of nitrogens with zero attached hydrogens (tertiary/aromatic N) is 2. The minimum absolute atomic E-state index is 0.0360. The van der Waals surface area contributed by atoms with Crippen molar-refractivity contribution in [2.24, 2.45) is 5.92 Å². The summed E-state index contributed by atoms with van der Waals surface area (Å²) in [6.45, 7) is 0.831. The van der Waals surface area contributed by atoms with Crippen molar-refractivity contribution in [2.45, 2.75) is 19.3 Å². The average Bonchev–Trinajstić information content (AvgIpc) is 2.56. The van der Waals surface area contributed by atoms with Crippen LogP contribution in [0.3, 0.4) is 0 Å². The minimum Gasteiger partial charge on any atom is -0.382 e. The van der Waals surface area contributed by atoms with E-state index >= 15 is 0 Å². The Balaban J connectivity index is 1.94. The number of carbonyl (C=O) groups is 1. The molecule has 1 aromatic rings. The molecule has 0 saturated heterocycles. The number of nitrogens with one attached hydrogen (secondary N) is 1. The number of hydrogen-bond donors (Lipinski definition) is 2. The van der Waals surface area contributed by atoms with Crippen LogP contribution in [0.1, 0.15) is 29.8 Å². The first-order valence-corrected chi connectivity index (χ1v) is 5.23. The van der Waals surface area contributed by atoms with Gasteiger partial charge in [-0.1, -0.05) is 6.42 Å². The molecule has 1 heterocycles. The topological polar surface area (TPSA) is 75.0 Å². The summed E-state index contributed by atoms with van der Waals surface area (Å²) in [5, 5.41) is 6.37. The van der Waals surface area contributed by atoms with Crippen molar-refractivity contribution in [3.05, 3.63) is 11.8 Å². The van der Waals surface area contributed by atoms with E-state index in [1.807, 2.05) is 7.05 Å². The van der Waals surface area contributed by atoms with Crippen LogP contribution in [0.2, 0.25) is 0 Å². The summed E-state index contributed by atoms with van der Waals surface area (Å²) >= 11 is 0. The average molecular weight is 208 g/mol. The Labute approximate surface area is 88.6 Å². The largest absolute Gasteiger partial charge is 0.382 e. The number of rotatable bonds is 3. The molecule has 1 fully saturated rings. The van der Waals surface area contributed by atoms with Gasteiger partial charge in [0.2, 0.25) is 0 Å². The molecule has 0 aliphatic heterocycles. The normalized spacial score (nSPS) is 16.1. The van der Waals surface area contributed by atoms with Gasteiger partial charge in [-0.2, -0.15) is 5.10 Å². The van der Waals surface area contributed by atoms with Gasteiger partial charge in [-0.15, -0.1) is 0 Å². The van der Waals surface area contributed by atoms with E-state index in [1.54, 1.807) is 11.0 Å². The predicted octanol–water partition coefficient (Wildman–Crippen LogP) is 0.864. The molecule has 5 heteroatoms. The molecule has 82 valence electrons. The van der Waals surface area contributed by atoms with Crippen molar-refractivity contribution >= 4 is 11.7 Å². The van der Waals surface area contributed by atoms with Gasteiger partial charge in [-0.25, -0.2) is 0 Å². The van der Waals surface area contributed by atoms with E-state index in [1.165, 1.54) is 19.3 Å². The molecule has 1 aliphatic rings. The molecule has 0 atom stereocenters. The van der Waals surface area contributed by atoms with Gasteiger partial charge in [-0.05, 0) is 18.8 Å². The summed E-state index contributed by atoms with van der Waals surface area (Å²) < 4.78 is 0. The number of aromatic amines is 1. The Morgan fingerprint density at radius 1 is 1.73 bits per heavy atom. The van der Waals surface area contributed by atoms with Crippen LogP contribution in [-0.2, 0) is 0 Å². The number of hydrogen-bond acceptors (Lipinski definition) is 3. The van der Waals surface area contributed by atoms with E-state index in [-0.39, 0.29) is 5.91 Å².